The fourth-order valence-electron chi connectivity index (χ4n) is 8.61. The number of hydrogen-bond donors (Lipinski definition) is 0. The summed E-state index contributed by atoms with van der Waals surface area (Å²) in [5.41, 5.74) is 0. The molecule has 0 radical (unpaired) electrons. The molecule has 148 valence electrons. The second kappa shape index (κ2) is 8.16. The molecule has 12 rings (SSSR count). The molecule has 0 amide bonds. The molecule has 26 heavy (non-hydrogen) atoms. The van der Waals surface area contributed by atoms with Crippen LogP contribution in [0.15, 0.2) is 0 Å². The first-order chi connectivity index (χ1) is 12.8. The molecule has 8 unspecified atom stereocenters. The Morgan fingerprint density at radius 2 is 0.538 bits per heavy atom. The summed E-state index contributed by atoms with van der Waals surface area (Å²) in [6.45, 7) is 0. The Kier molecular flexibility index (Phi) is 5.67. The molecule has 0 spiro atoms. The largest absolute Gasteiger partial charge is 0.0528 e. The molecule has 0 heteroatoms. The average molecular weight is 357 g/mol. The molecule has 0 aromatic heterocycles. The lowest BCUT2D eigenvalue weighted by atomic mass is 9.62. The summed E-state index contributed by atoms with van der Waals surface area (Å²) >= 11 is 0. The van der Waals surface area contributed by atoms with Gasteiger partial charge in [0, 0.05) is 0 Å². The average Bonchev–Trinajstić information content (AvgIpc) is 2.67. The van der Waals surface area contributed by atoms with Gasteiger partial charge in [-0.05, 0) is 98.7 Å². The van der Waals surface area contributed by atoms with Gasteiger partial charge in [-0.1, -0.05) is 64.2 Å². The van der Waals surface area contributed by atoms with Crippen LogP contribution in [0.1, 0.15) is 116 Å². The second-order valence-corrected chi connectivity index (χ2v) is 11.6. The van der Waals surface area contributed by atoms with Crippen molar-refractivity contribution in [1.29, 1.82) is 0 Å². The van der Waals surface area contributed by atoms with Gasteiger partial charge in [0.05, 0.1) is 0 Å². The van der Waals surface area contributed by atoms with Gasteiger partial charge >= 0.3 is 0 Å². The highest BCUT2D eigenvalue weighted by molar-refractivity contribution is 4.89. The van der Waals surface area contributed by atoms with Crippen molar-refractivity contribution in [2.45, 2.75) is 116 Å². The quantitative estimate of drug-likeness (QED) is 0.412. The van der Waals surface area contributed by atoms with E-state index in [-0.39, 0.29) is 0 Å². The molecule has 12 fully saturated rings. The van der Waals surface area contributed by atoms with Crippen LogP contribution in [-0.4, -0.2) is 0 Å². The Hall–Kier alpha value is 0. The second-order valence-electron chi connectivity index (χ2n) is 11.6. The van der Waals surface area contributed by atoms with Gasteiger partial charge in [-0.2, -0.15) is 0 Å². The number of hydrogen-bond acceptors (Lipinski definition) is 0. The molecular weight excluding hydrogens is 312 g/mol. The molecule has 12 aliphatic carbocycles. The minimum absolute atomic E-state index is 1.11. The van der Waals surface area contributed by atoms with Gasteiger partial charge in [0.1, 0.15) is 0 Å². The van der Waals surface area contributed by atoms with Gasteiger partial charge in [0.25, 0.3) is 0 Å². The lowest BCUT2D eigenvalue weighted by Crippen LogP contribution is -2.32. The predicted molar refractivity (Wildman–Crippen MR) is 111 cm³/mol. The molecule has 12 saturated carbocycles. The molecule has 0 N–H and O–H groups in total. The first kappa shape index (κ1) is 18.1. The monoisotopic (exact) mass is 356 g/mol. The Labute approximate surface area is 163 Å². The van der Waals surface area contributed by atoms with E-state index in [4.69, 9.17) is 0 Å². The van der Waals surface area contributed by atoms with Crippen LogP contribution in [0.3, 0.4) is 0 Å². The molecule has 0 aliphatic heterocycles. The lowest BCUT2D eigenvalue weighted by molar-refractivity contribution is 0.0735. The maximum Gasteiger partial charge on any atom is -0.0383 e. The summed E-state index contributed by atoms with van der Waals surface area (Å²) < 4.78 is 0. The SMILES string of the molecule is C1CC2CCC3CC(CCCC4CCC5CC(C1)CCC5C4)CCC3C2. The highest BCUT2D eigenvalue weighted by Crippen LogP contribution is 2.49. The van der Waals surface area contributed by atoms with Crippen molar-refractivity contribution in [3.8, 4) is 0 Å². The topological polar surface area (TPSA) is 0 Å². The minimum Gasteiger partial charge on any atom is -0.0528 e. The van der Waals surface area contributed by atoms with E-state index in [0.29, 0.717) is 0 Å². The first-order valence-corrected chi connectivity index (χ1v) is 12.8. The van der Waals surface area contributed by atoms with Crippen molar-refractivity contribution in [2.75, 3.05) is 0 Å². The molecule has 0 heterocycles. The number of rotatable bonds is 0. The Bertz CT molecular complexity index is 371. The lowest BCUT2D eigenvalue weighted by Gasteiger charge is -2.44. The Morgan fingerprint density at radius 1 is 0.269 bits per heavy atom. The highest BCUT2D eigenvalue weighted by Gasteiger charge is 2.37. The van der Waals surface area contributed by atoms with Gasteiger partial charge in [0.15, 0.2) is 0 Å². The highest BCUT2D eigenvalue weighted by atomic mass is 14.4. The van der Waals surface area contributed by atoms with E-state index < -0.39 is 0 Å². The molecule has 12 aliphatic rings. The van der Waals surface area contributed by atoms with Crippen molar-refractivity contribution in [2.24, 2.45) is 47.3 Å². The minimum atomic E-state index is 1.11. The summed E-state index contributed by atoms with van der Waals surface area (Å²) in [7, 11) is 0. The van der Waals surface area contributed by atoms with Crippen LogP contribution < -0.4 is 0 Å². The van der Waals surface area contributed by atoms with Gasteiger partial charge in [-0.25, -0.2) is 0 Å². The molecule has 0 saturated heterocycles. The summed E-state index contributed by atoms with van der Waals surface area (Å²) in [5.74, 6) is 8.98. The van der Waals surface area contributed by atoms with Gasteiger partial charge in [-0.15, -0.1) is 0 Å². The van der Waals surface area contributed by atoms with Crippen LogP contribution in [-0.2, 0) is 0 Å². The van der Waals surface area contributed by atoms with E-state index in [2.05, 4.69) is 0 Å². The Balaban J connectivity index is 1.25. The third kappa shape index (κ3) is 4.05. The van der Waals surface area contributed by atoms with Crippen molar-refractivity contribution in [1.82, 2.24) is 0 Å². The van der Waals surface area contributed by atoms with Crippen molar-refractivity contribution >= 4 is 0 Å². The fraction of sp³-hybridized carbons (Fsp3) is 1.00. The smallest absolute Gasteiger partial charge is 0.0383 e. The zero-order valence-electron chi connectivity index (χ0n) is 17.3. The molecule has 0 aromatic rings. The summed E-state index contributed by atoms with van der Waals surface area (Å²) in [6, 6.07) is 0. The maximum absolute atomic E-state index is 1.62. The van der Waals surface area contributed by atoms with Crippen LogP contribution in [0.25, 0.3) is 0 Å². The van der Waals surface area contributed by atoms with E-state index in [9.17, 15) is 0 Å². The zero-order valence-corrected chi connectivity index (χ0v) is 17.3. The van der Waals surface area contributed by atoms with Gasteiger partial charge < -0.3 is 0 Å². The van der Waals surface area contributed by atoms with Crippen LogP contribution in [0.5, 0.6) is 0 Å². The van der Waals surface area contributed by atoms with Gasteiger partial charge in [0.2, 0.25) is 0 Å². The molecule has 8 bridgehead atoms. The maximum atomic E-state index is 1.62. The van der Waals surface area contributed by atoms with Crippen LogP contribution in [0, 0.1) is 47.3 Å². The third-order valence-electron chi connectivity index (χ3n) is 10.1. The fourth-order valence-corrected chi connectivity index (χ4v) is 8.61. The molecule has 8 atom stereocenters. The molecular formula is C26H44. The van der Waals surface area contributed by atoms with E-state index in [1.54, 1.807) is 116 Å². The summed E-state index contributed by atoms with van der Waals surface area (Å²) in [5, 5.41) is 0. The normalized spacial score (nSPS) is 49.8. The van der Waals surface area contributed by atoms with Crippen molar-refractivity contribution in [3.05, 3.63) is 0 Å². The third-order valence-corrected chi connectivity index (χ3v) is 10.1. The van der Waals surface area contributed by atoms with E-state index in [1.807, 2.05) is 0 Å². The molecule has 0 nitrogen and oxygen atoms in total. The zero-order chi connectivity index (χ0) is 17.3. The van der Waals surface area contributed by atoms with Crippen molar-refractivity contribution in [3.63, 3.8) is 0 Å². The predicted octanol–water partition coefficient (Wildman–Crippen LogP) is 8.01. The first-order valence-electron chi connectivity index (χ1n) is 12.8. The summed E-state index contributed by atoms with van der Waals surface area (Å²) in [6.07, 6.45) is 28.7. The van der Waals surface area contributed by atoms with E-state index in [1.165, 1.54) is 0 Å². The standard InChI is InChI=1S/C26H44/c1-3-19-7-11-25-17-21(9-13-23(25)15-19)5-2-6-22-10-14-24-16-20(4-1)8-12-26(24)18-22/h19-26H,1-18H2. The summed E-state index contributed by atoms with van der Waals surface area (Å²) in [4.78, 5) is 0. The van der Waals surface area contributed by atoms with E-state index >= 15 is 0 Å². The van der Waals surface area contributed by atoms with Crippen LogP contribution >= 0.6 is 0 Å². The van der Waals surface area contributed by atoms with Gasteiger partial charge in [-0.3, -0.25) is 0 Å². The van der Waals surface area contributed by atoms with Crippen LogP contribution in [0.4, 0.5) is 0 Å². The Morgan fingerprint density at radius 3 is 0.808 bits per heavy atom. The molecule has 0 aromatic carbocycles. The van der Waals surface area contributed by atoms with Crippen LogP contribution in [0.2, 0.25) is 0 Å². The van der Waals surface area contributed by atoms with Crippen molar-refractivity contribution < 1.29 is 0 Å². The van der Waals surface area contributed by atoms with E-state index in [0.717, 1.165) is 47.3 Å².